The molecule has 2 rings (SSSR count). The molecule has 0 bridgehead atoms. The summed E-state index contributed by atoms with van der Waals surface area (Å²) in [6, 6.07) is 5.03. The number of piperidine rings is 1. The summed E-state index contributed by atoms with van der Waals surface area (Å²) in [6.45, 7) is 4.73. The Kier molecular flexibility index (Phi) is 3.88. The molecule has 0 aliphatic carbocycles. The zero-order chi connectivity index (χ0) is 14.0. The molecule has 1 aromatic rings. The second-order valence-corrected chi connectivity index (χ2v) is 5.09. The molecule has 19 heavy (non-hydrogen) atoms. The number of aryl methyl sites for hydroxylation is 1. The Morgan fingerprint density at radius 2 is 2.21 bits per heavy atom. The van der Waals surface area contributed by atoms with Crippen molar-refractivity contribution in [2.75, 3.05) is 13.1 Å². The molecule has 1 heterocycles. The van der Waals surface area contributed by atoms with Crippen LogP contribution in [0.25, 0.3) is 0 Å². The van der Waals surface area contributed by atoms with Crippen LogP contribution in [0.4, 0.5) is 0 Å². The van der Waals surface area contributed by atoms with Crippen molar-refractivity contribution in [3.05, 3.63) is 29.3 Å². The van der Waals surface area contributed by atoms with E-state index in [-0.39, 0.29) is 23.4 Å². The van der Waals surface area contributed by atoms with Gasteiger partial charge in [-0.3, -0.25) is 9.59 Å². The van der Waals surface area contributed by atoms with Crippen LogP contribution in [0.1, 0.15) is 35.7 Å². The fraction of sp³-hybridized carbons (Fsp3) is 0.467. The number of hydrogen-bond donors (Lipinski definition) is 1. The van der Waals surface area contributed by atoms with Gasteiger partial charge in [0, 0.05) is 25.4 Å². The van der Waals surface area contributed by atoms with Crippen molar-refractivity contribution in [3.63, 3.8) is 0 Å². The van der Waals surface area contributed by atoms with Crippen molar-refractivity contribution < 1.29 is 14.7 Å². The molecule has 0 spiro atoms. The smallest absolute Gasteiger partial charge is 0.257 e. The van der Waals surface area contributed by atoms with Gasteiger partial charge in [0.05, 0.1) is 5.56 Å². The van der Waals surface area contributed by atoms with Crippen LogP contribution in [0.2, 0.25) is 0 Å². The highest BCUT2D eigenvalue weighted by atomic mass is 16.3. The maximum Gasteiger partial charge on any atom is 0.257 e. The lowest BCUT2D eigenvalue weighted by Crippen LogP contribution is -2.43. The summed E-state index contributed by atoms with van der Waals surface area (Å²) in [5.41, 5.74) is 1.23. The van der Waals surface area contributed by atoms with Crippen LogP contribution in [-0.4, -0.2) is 34.8 Å². The second-order valence-electron chi connectivity index (χ2n) is 5.09. The van der Waals surface area contributed by atoms with Crippen LogP contribution in [-0.2, 0) is 4.79 Å². The number of amides is 1. The molecule has 1 unspecified atom stereocenters. The number of rotatable bonds is 2. The first kappa shape index (κ1) is 13.6. The molecule has 102 valence electrons. The van der Waals surface area contributed by atoms with E-state index in [0.29, 0.717) is 25.1 Å². The number of Topliss-reactive ketones (excluding diaryl/α,β-unsaturated/α-hetero) is 1. The molecule has 1 saturated heterocycles. The number of nitrogens with zero attached hydrogens (tertiary/aromatic N) is 1. The van der Waals surface area contributed by atoms with Gasteiger partial charge in [-0.25, -0.2) is 0 Å². The fourth-order valence-electron chi connectivity index (χ4n) is 2.44. The van der Waals surface area contributed by atoms with Crippen molar-refractivity contribution in [3.8, 4) is 5.75 Å². The van der Waals surface area contributed by atoms with Gasteiger partial charge in [-0.2, -0.15) is 0 Å². The van der Waals surface area contributed by atoms with Crippen molar-refractivity contribution >= 4 is 11.7 Å². The Morgan fingerprint density at radius 1 is 1.47 bits per heavy atom. The van der Waals surface area contributed by atoms with Crippen molar-refractivity contribution in [1.29, 1.82) is 0 Å². The molecule has 4 heteroatoms. The van der Waals surface area contributed by atoms with Crippen LogP contribution in [0.3, 0.4) is 0 Å². The quantitative estimate of drug-likeness (QED) is 0.887. The van der Waals surface area contributed by atoms with Crippen LogP contribution >= 0.6 is 0 Å². The third-order valence-electron chi connectivity index (χ3n) is 3.69. The molecular formula is C15H19NO3. The summed E-state index contributed by atoms with van der Waals surface area (Å²) < 4.78 is 0. The normalized spacial score (nSPS) is 19.6. The third kappa shape index (κ3) is 2.78. The predicted molar refractivity (Wildman–Crippen MR) is 72.2 cm³/mol. The number of carbonyl (C=O) groups is 2. The minimum absolute atomic E-state index is 0.00921. The summed E-state index contributed by atoms with van der Waals surface area (Å²) in [5, 5.41) is 9.85. The predicted octanol–water partition coefficient (Wildman–Crippen LogP) is 2.14. The third-order valence-corrected chi connectivity index (χ3v) is 3.69. The van der Waals surface area contributed by atoms with E-state index in [4.69, 9.17) is 0 Å². The lowest BCUT2D eigenvalue weighted by Gasteiger charge is -2.31. The molecule has 1 aromatic carbocycles. The number of carbonyl (C=O) groups excluding carboxylic acids is 2. The van der Waals surface area contributed by atoms with Crippen LogP contribution in [0, 0.1) is 12.8 Å². The SMILES string of the molecule is CCC1CN(C(=O)c2ccc(C)cc2O)CCC1=O. The van der Waals surface area contributed by atoms with Gasteiger partial charge in [-0.05, 0) is 31.0 Å². The number of benzene rings is 1. The molecule has 1 aliphatic rings. The van der Waals surface area contributed by atoms with Crippen molar-refractivity contribution in [1.82, 2.24) is 4.90 Å². The van der Waals surface area contributed by atoms with E-state index in [0.717, 1.165) is 12.0 Å². The summed E-state index contributed by atoms with van der Waals surface area (Å²) in [5.74, 6) is -0.0108. The Hall–Kier alpha value is -1.84. The highest BCUT2D eigenvalue weighted by Gasteiger charge is 2.29. The van der Waals surface area contributed by atoms with E-state index in [1.54, 1.807) is 23.1 Å². The van der Waals surface area contributed by atoms with E-state index in [2.05, 4.69) is 0 Å². The van der Waals surface area contributed by atoms with Gasteiger partial charge in [0.25, 0.3) is 5.91 Å². The molecular weight excluding hydrogens is 242 g/mol. The van der Waals surface area contributed by atoms with Crippen LogP contribution < -0.4 is 0 Å². The Morgan fingerprint density at radius 3 is 2.84 bits per heavy atom. The monoisotopic (exact) mass is 261 g/mol. The van der Waals surface area contributed by atoms with Crippen molar-refractivity contribution in [2.45, 2.75) is 26.7 Å². The first-order chi connectivity index (χ1) is 9.02. The van der Waals surface area contributed by atoms with Gasteiger partial charge in [0.15, 0.2) is 0 Å². The zero-order valence-electron chi connectivity index (χ0n) is 11.3. The minimum atomic E-state index is -0.191. The van der Waals surface area contributed by atoms with E-state index in [9.17, 15) is 14.7 Å². The average Bonchev–Trinajstić information content (AvgIpc) is 2.38. The number of likely N-dealkylation sites (tertiary alicyclic amines) is 1. The fourth-order valence-corrected chi connectivity index (χ4v) is 2.44. The largest absolute Gasteiger partial charge is 0.507 e. The number of aromatic hydroxyl groups is 1. The molecule has 1 aliphatic heterocycles. The first-order valence-corrected chi connectivity index (χ1v) is 6.64. The summed E-state index contributed by atoms with van der Waals surface area (Å²) in [7, 11) is 0. The van der Waals surface area contributed by atoms with E-state index < -0.39 is 0 Å². The molecule has 0 aromatic heterocycles. The van der Waals surface area contributed by atoms with E-state index in [1.165, 1.54) is 0 Å². The second kappa shape index (κ2) is 5.43. The highest BCUT2D eigenvalue weighted by molar-refractivity contribution is 5.98. The average molecular weight is 261 g/mol. The molecule has 0 saturated carbocycles. The van der Waals surface area contributed by atoms with E-state index in [1.807, 2.05) is 13.8 Å². The lowest BCUT2D eigenvalue weighted by atomic mass is 9.93. The van der Waals surface area contributed by atoms with Crippen molar-refractivity contribution in [2.24, 2.45) is 5.92 Å². The van der Waals surface area contributed by atoms with E-state index >= 15 is 0 Å². The minimum Gasteiger partial charge on any atom is -0.507 e. The molecule has 1 amide bonds. The molecule has 4 nitrogen and oxygen atoms in total. The van der Waals surface area contributed by atoms with Crippen LogP contribution in [0.15, 0.2) is 18.2 Å². The lowest BCUT2D eigenvalue weighted by molar-refractivity contribution is -0.125. The maximum absolute atomic E-state index is 12.4. The number of hydrogen-bond acceptors (Lipinski definition) is 3. The number of phenolic OH excluding ortho intramolecular Hbond substituents is 1. The van der Waals surface area contributed by atoms with Gasteiger partial charge in [-0.15, -0.1) is 0 Å². The summed E-state index contributed by atoms with van der Waals surface area (Å²) >= 11 is 0. The Balaban J connectivity index is 2.18. The van der Waals surface area contributed by atoms with Gasteiger partial charge < -0.3 is 10.0 Å². The highest BCUT2D eigenvalue weighted by Crippen LogP contribution is 2.23. The first-order valence-electron chi connectivity index (χ1n) is 6.64. The molecule has 1 atom stereocenters. The maximum atomic E-state index is 12.4. The summed E-state index contributed by atoms with van der Waals surface area (Å²) in [6.07, 6.45) is 1.17. The topological polar surface area (TPSA) is 57.6 Å². The number of phenols is 1. The van der Waals surface area contributed by atoms with Gasteiger partial charge in [0.1, 0.15) is 11.5 Å². The molecule has 1 N–H and O–H groups in total. The number of ketones is 1. The van der Waals surface area contributed by atoms with Crippen LogP contribution in [0.5, 0.6) is 5.75 Å². The van der Waals surface area contributed by atoms with Gasteiger partial charge in [0.2, 0.25) is 0 Å². The standard InChI is InChI=1S/C15H19NO3/c1-3-11-9-16(7-6-13(11)17)15(19)12-5-4-10(2)8-14(12)18/h4-5,8,11,18H,3,6-7,9H2,1-2H3. The molecule has 0 radical (unpaired) electrons. The van der Waals surface area contributed by atoms with Gasteiger partial charge in [-0.1, -0.05) is 13.0 Å². The Bertz CT molecular complexity index is 510. The van der Waals surface area contributed by atoms with Gasteiger partial charge >= 0.3 is 0 Å². The summed E-state index contributed by atoms with van der Waals surface area (Å²) in [4.78, 5) is 25.7. The Labute approximate surface area is 113 Å². The molecule has 1 fully saturated rings. The zero-order valence-corrected chi connectivity index (χ0v) is 11.3.